The molecule has 1 atom stereocenters. The Morgan fingerprint density at radius 1 is 1.25 bits per heavy atom. The van der Waals surface area contributed by atoms with Crippen LogP contribution in [0.15, 0.2) is 4.99 Å². The minimum Gasteiger partial charge on any atom is -0.356 e. The topological polar surface area (TPSA) is 39.7 Å². The van der Waals surface area contributed by atoms with Crippen molar-refractivity contribution in [3.63, 3.8) is 0 Å². The van der Waals surface area contributed by atoms with E-state index in [0.717, 1.165) is 30.9 Å². The van der Waals surface area contributed by atoms with Crippen LogP contribution in [-0.4, -0.2) is 50.6 Å². The lowest BCUT2D eigenvalue weighted by molar-refractivity contribution is 0.234. The molecule has 1 aliphatic carbocycles. The molecular formula is C19H39IN4. The normalized spacial score (nSPS) is 24.2. The Kier molecular flexibility index (Phi) is 9.94. The Balaban J connectivity index is 0.00000288. The molecule has 4 nitrogen and oxygen atoms in total. The molecule has 2 fully saturated rings. The van der Waals surface area contributed by atoms with E-state index in [1.165, 1.54) is 58.2 Å². The highest BCUT2D eigenvalue weighted by atomic mass is 127. The molecule has 0 radical (unpaired) electrons. The van der Waals surface area contributed by atoms with Crippen LogP contribution >= 0.6 is 24.0 Å². The third kappa shape index (κ3) is 6.70. The van der Waals surface area contributed by atoms with Gasteiger partial charge in [-0.05, 0) is 56.0 Å². The van der Waals surface area contributed by atoms with Crippen molar-refractivity contribution in [1.82, 2.24) is 15.5 Å². The second-order valence-corrected chi connectivity index (χ2v) is 8.16. The largest absolute Gasteiger partial charge is 0.356 e. The number of rotatable bonds is 7. The molecule has 1 aliphatic heterocycles. The first kappa shape index (κ1) is 22.0. The van der Waals surface area contributed by atoms with Gasteiger partial charge in [0.05, 0.1) is 0 Å². The molecule has 0 bridgehead atoms. The predicted octanol–water partition coefficient (Wildman–Crippen LogP) is 3.72. The third-order valence-electron chi connectivity index (χ3n) is 5.74. The number of aliphatic imine (C=N–C) groups is 1. The van der Waals surface area contributed by atoms with Gasteiger partial charge in [0, 0.05) is 26.7 Å². The minimum atomic E-state index is 0. The van der Waals surface area contributed by atoms with Crippen LogP contribution in [0.3, 0.4) is 0 Å². The monoisotopic (exact) mass is 450 g/mol. The van der Waals surface area contributed by atoms with Crippen LogP contribution in [0.5, 0.6) is 0 Å². The maximum atomic E-state index is 4.44. The highest BCUT2D eigenvalue weighted by Crippen LogP contribution is 2.42. The highest BCUT2D eigenvalue weighted by Gasteiger charge is 2.34. The molecule has 0 aromatic carbocycles. The van der Waals surface area contributed by atoms with Crippen LogP contribution in [0.25, 0.3) is 0 Å². The fourth-order valence-electron chi connectivity index (χ4n) is 4.54. The molecule has 5 heteroatoms. The van der Waals surface area contributed by atoms with Gasteiger partial charge in [-0.1, -0.05) is 33.6 Å². The van der Waals surface area contributed by atoms with E-state index in [1.54, 1.807) is 0 Å². The SMILES string of the molecule is CCN1CCC(CNC(=NC)NCC2(CC(C)C)CCCC2)C1.I. The molecule has 0 aromatic rings. The van der Waals surface area contributed by atoms with E-state index in [1.807, 2.05) is 7.05 Å². The fraction of sp³-hybridized carbons (Fsp3) is 0.947. The van der Waals surface area contributed by atoms with Gasteiger partial charge >= 0.3 is 0 Å². The lowest BCUT2D eigenvalue weighted by Gasteiger charge is -2.32. The molecule has 1 saturated carbocycles. The van der Waals surface area contributed by atoms with E-state index in [4.69, 9.17) is 0 Å². The van der Waals surface area contributed by atoms with Crippen molar-refractivity contribution < 1.29 is 0 Å². The molecule has 1 saturated heterocycles. The number of hydrogen-bond acceptors (Lipinski definition) is 2. The average Bonchev–Trinajstić information content (AvgIpc) is 3.16. The van der Waals surface area contributed by atoms with Crippen molar-refractivity contribution in [2.24, 2.45) is 22.2 Å². The van der Waals surface area contributed by atoms with Gasteiger partial charge in [-0.2, -0.15) is 0 Å². The van der Waals surface area contributed by atoms with Gasteiger partial charge in [0.2, 0.25) is 0 Å². The summed E-state index contributed by atoms with van der Waals surface area (Å²) in [7, 11) is 1.89. The second kappa shape index (κ2) is 10.8. The van der Waals surface area contributed by atoms with Crippen LogP contribution < -0.4 is 10.6 Å². The van der Waals surface area contributed by atoms with E-state index in [9.17, 15) is 0 Å². The summed E-state index contributed by atoms with van der Waals surface area (Å²) in [5.74, 6) is 2.54. The van der Waals surface area contributed by atoms with Crippen LogP contribution in [0.2, 0.25) is 0 Å². The number of nitrogens with one attached hydrogen (secondary N) is 2. The van der Waals surface area contributed by atoms with Crippen LogP contribution in [0, 0.1) is 17.3 Å². The lowest BCUT2D eigenvalue weighted by Crippen LogP contribution is -2.45. The van der Waals surface area contributed by atoms with Crippen molar-refractivity contribution in [2.75, 3.05) is 39.8 Å². The molecule has 2 N–H and O–H groups in total. The van der Waals surface area contributed by atoms with Gasteiger partial charge in [-0.3, -0.25) is 4.99 Å². The van der Waals surface area contributed by atoms with Crippen molar-refractivity contribution in [1.29, 1.82) is 0 Å². The number of hydrogen-bond donors (Lipinski definition) is 2. The molecule has 24 heavy (non-hydrogen) atoms. The molecule has 1 unspecified atom stereocenters. The summed E-state index contributed by atoms with van der Waals surface area (Å²) in [6, 6.07) is 0. The van der Waals surface area contributed by atoms with Gasteiger partial charge in [-0.25, -0.2) is 0 Å². The number of halogens is 1. The maximum absolute atomic E-state index is 4.44. The lowest BCUT2D eigenvalue weighted by atomic mass is 9.78. The molecule has 0 amide bonds. The average molecular weight is 450 g/mol. The summed E-state index contributed by atoms with van der Waals surface area (Å²) >= 11 is 0. The minimum absolute atomic E-state index is 0. The fourth-order valence-corrected chi connectivity index (χ4v) is 4.54. The quantitative estimate of drug-likeness (QED) is 0.353. The summed E-state index contributed by atoms with van der Waals surface area (Å²) in [6.45, 7) is 12.8. The Morgan fingerprint density at radius 2 is 1.96 bits per heavy atom. The molecule has 142 valence electrons. The van der Waals surface area contributed by atoms with Gasteiger partial charge in [-0.15, -0.1) is 24.0 Å². The van der Waals surface area contributed by atoms with E-state index < -0.39 is 0 Å². The molecule has 0 spiro atoms. The first-order valence-corrected chi connectivity index (χ1v) is 9.74. The number of likely N-dealkylation sites (tertiary alicyclic amines) is 1. The first-order valence-electron chi connectivity index (χ1n) is 9.74. The summed E-state index contributed by atoms with van der Waals surface area (Å²) in [5.41, 5.74) is 0.498. The summed E-state index contributed by atoms with van der Waals surface area (Å²) in [4.78, 5) is 6.98. The smallest absolute Gasteiger partial charge is 0.191 e. The summed E-state index contributed by atoms with van der Waals surface area (Å²) in [5, 5.41) is 7.19. The summed E-state index contributed by atoms with van der Waals surface area (Å²) < 4.78 is 0. The van der Waals surface area contributed by atoms with Gasteiger partial charge in [0.25, 0.3) is 0 Å². The Hall–Kier alpha value is -0.0400. The molecule has 2 rings (SSSR count). The Bertz CT molecular complexity index is 378. The Labute approximate surface area is 166 Å². The van der Waals surface area contributed by atoms with Crippen molar-refractivity contribution in [3.8, 4) is 0 Å². The van der Waals surface area contributed by atoms with E-state index in [2.05, 4.69) is 41.3 Å². The van der Waals surface area contributed by atoms with Gasteiger partial charge in [0.1, 0.15) is 0 Å². The summed E-state index contributed by atoms with van der Waals surface area (Å²) in [6.07, 6.45) is 8.21. The van der Waals surface area contributed by atoms with Crippen LogP contribution in [-0.2, 0) is 0 Å². The zero-order chi connectivity index (χ0) is 16.7. The van der Waals surface area contributed by atoms with E-state index >= 15 is 0 Å². The van der Waals surface area contributed by atoms with Gasteiger partial charge < -0.3 is 15.5 Å². The standard InChI is InChI=1S/C19H38N4.HI/c1-5-23-11-8-17(14-23)13-21-18(20-4)22-15-19(12-16(2)3)9-6-7-10-19;/h16-17H,5-15H2,1-4H3,(H2,20,21,22);1H. The van der Waals surface area contributed by atoms with E-state index in [-0.39, 0.29) is 24.0 Å². The van der Waals surface area contributed by atoms with Crippen molar-refractivity contribution in [2.45, 2.75) is 59.3 Å². The second-order valence-electron chi connectivity index (χ2n) is 8.16. The predicted molar refractivity (Wildman–Crippen MR) is 115 cm³/mol. The van der Waals surface area contributed by atoms with Crippen molar-refractivity contribution >= 4 is 29.9 Å². The molecule has 1 heterocycles. The highest BCUT2D eigenvalue weighted by molar-refractivity contribution is 14.0. The van der Waals surface area contributed by atoms with Gasteiger partial charge in [0.15, 0.2) is 5.96 Å². The zero-order valence-electron chi connectivity index (χ0n) is 16.2. The number of guanidine groups is 1. The Morgan fingerprint density at radius 3 is 2.50 bits per heavy atom. The van der Waals surface area contributed by atoms with E-state index in [0.29, 0.717) is 5.41 Å². The van der Waals surface area contributed by atoms with Crippen molar-refractivity contribution in [3.05, 3.63) is 0 Å². The maximum Gasteiger partial charge on any atom is 0.191 e. The van der Waals surface area contributed by atoms with Crippen LogP contribution in [0.4, 0.5) is 0 Å². The van der Waals surface area contributed by atoms with Crippen LogP contribution in [0.1, 0.15) is 59.3 Å². The molecular weight excluding hydrogens is 411 g/mol. The zero-order valence-corrected chi connectivity index (χ0v) is 18.6. The third-order valence-corrected chi connectivity index (χ3v) is 5.74. The number of nitrogens with zero attached hydrogens (tertiary/aromatic N) is 2. The first-order chi connectivity index (χ1) is 11.1. The molecule has 0 aromatic heterocycles. The molecule has 2 aliphatic rings.